The van der Waals surface area contributed by atoms with Crippen LogP contribution >= 0.6 is 0 Å². The molecular formula is C24H41N3O2. The lowest BCUT2D eigenvalue weighted by atomic mass is 10.0. The lowest BCUT2D eigenvalue weighted by Gasteiger charge is -2.11. The summed E-state index contributed by atoms with van der Waals surface area (Å²) in [5.41, 5.74) is 9.33. The van der Waals surface area contributed by atoms with E-state index in [-0.39, 0.29) is 0 Å². The summed E-state index contributed by atoms with van der Waals surface area (Å²) >= 11 is 0. The normalized spacial score (nSPS) is 10.6. The Kier molecular flexibility index (Phi) is 15.8. The zero-order valence-electron chi connectivity index (χ0n) is 18.7. The minimum atomic E-state index is 0.325. The summed E-state index contributed by atoms with van der Waals surface area (Å²) in [7, 11) is 1.63. The van der Waals surface area contributed by atoms with Gasteiger partial charge in [0.25, 0.3) is 0 Å². The Hall–Kier alpha value is -1.87. The Morgan fingerprint density at radius 3 is 1.86 bits per heavy atom. The molecule has 0 N–H and O–H groups in total. The van der Waals surface area contributed by atoms with Gasteiger partial charge in [-0.05, 0) is 29.6 Å². The Morgan fingerprint density at radius 1 is 0.793 bits per heavy atom. The smallest absolute Gasteiger partial charge is 0.161 e. The van der Waals surface area contributed by atoms with Crippen molar-refractivity contribution in [3.05, 3.63) is 34.2 Å². The van der Waals surface area contributed by atoms with Crippen molar-refractivity contribution in [2.24, 2.45) is 5.11 Å². The number of hydrogen-bond donors (Lipinski definition) is 0. The largest absolute Gasteiger partial charge is 0.493 e. The molecule has 0 radical (unpaired) electrons. The molecule has 0 aliphatic heterocycles. The van der Waals surface area contributed by atoms with Gasteiger partial charge in [0.05, 0.1) is 20.3 Å². The van der Waals surface area contributed by atoms with Gasteiger partial charge < -0.3 is 9.47 Å². The molecular weight excluding hydrogens is 362 g/mol. The fourth-order valence-corrected chi connectivity index (χ4v) is 3.52. The Balaban J connectivity index is 1.98. The SMILES string of the molecule is CCCCCCCCCCCCCCCCOc1ccc(CN=[N+]=[N-])cc1OC. The number of rotatable bonds is 19. The minimum absolute atomic E-state index is 0.325. The van der Waals surface area contributed by atoms with Gasteiger partial charge in [0.1, 0.15) is 0 Å². The topological polar surface area (TPSA) is 67.2 Å². The van der Waals surface area contributed by atoms with E-state index in [1.54, 1.807) is 7.11 Å². The molecule has 0 aliphatic rings. The number of methoxy groups -OCH3 is 1. The molecule has 0 spiro atoms. The van der Waals surface area contributed by atoms with Crippen molar-refractivity contribution in [3.63, 3.8) is 0 Å². The summed E-state index contributed by atoms with van der Waals surface area (Å²) in [5.74, 6) is 1.45. The van der Waals surface area contributed by atoms with Gasteiger partial charge in [-0.1, -0.05) is 102 Å². The summed E-state index contributed by atoms with van der Waals surface area (Å²) in [5, 5.41) is 3.58. The first-order valence-electron chi connectivity index (χ1n) is 11.6. The van der Waals surface area contributed by atoms with Crippen LogP contribution in [-0.4, -0.2) is 13.7 Å². The van der Waals surface area contributed by atoms with E-state index in [1.807, 2.05) is 18.2 Å². The molecule has 0 aromatic heterocycles. The first-order valence-corrected chi connectivity index (χ1v) is 11.6. The molecule has 0 atom stereocenters. The third kappa shape index (κ3) is 13.1. The zero-order valence-corrected chi connectivity index (χ0v) is 18.7. The van der Waals surface area contributed by atoms with E-state index >= 15 is 0 Å². The fourth-order valence-electron chi connectivity index (χ4n) is 3.52. The maximum absolute atomic E-state index is 8.41. The van der Waals surface area contributed by atoms with Crippen LogP contribution in [0.1, 0.15) is 102 Å². The number of azide groups is 1. The Labute approximate surface area is 177 Å². The van der Waals surface area contributed by atoms with Crippen molar-refractivity contribution in [2.75, 3.05) is 13.7 Å². The van der Waals surface area contributed by atoms with Gasteiger partial charge in [-0.3, -0.25) is 0 Å². The standard InChI is InChI=1S/C24H41N3O2/c1-3-4-5-6-7-8-9-10-11-12-13-14-15-16-19-29-23-18-17-22(21-26-27-25)20-24(23)28-2/h17-18,20H,3-16,19,21H2,1-2H3. The van der Waals surface area contributed by atoms with Gasteiger partial charge >= 0.3 is 0 Å². The maximum atomic E-state index is 8.41. The van der Waals surface area contributed by atoms with Crippen LogP contribution in [0.15, 0.2) is 23.3 Å². The van der Waals surface area contributed by atoms with Crippen LogP contribution in [0.25, 0.3) is 10.4 Å². The van der Waals surface area contributed by atoms with Crippen molar-refractivity contribution in [1.82, 2.24) is 0 Å². The number of benzene rings is 1. The van der Waals surface area contributed by atoms with Gasteiger partial charge in [0, 0.05) is 4.91 Å². The van der Waals surface area contributed by atoms with Crippen molar-refractivity contribution >= 4 is 0 Å². The van der Waals surface area contributed by atoms with E-state index < -0.39 is 0 Å². The predicted molar refractivity (Wildman–Crippen MR) is 122 cm³/mol. The van der Waals surface area contributed by atoms with Crippen LogP contribution < -0.4 is 9.47 Å². The average Bonchev–Trinajstić information content (AvgIpc) is 2.75. The molecule has 0 unspecified atom stereocenters. The highest BCUT2D eigenvalue weighted by atomic mass is 16.5. The highest BCUT2D eigenvalue weighted by Crippen LogP contribution is 2.28. The highest BCUT2D eigenvalue weighted by Gasteiger charge is 2.05. The zero-order chi connectivity index (χ0) is 21.0. The van der Waals surface area contributed by atoms with Crippen LogP contribution in [0.5, 0.6) is 11.5 Å². The molecule has 29 heavy (non-hydrogen) atoms. The lowest BCUT2D eigenvalue weighted by Crippen LogP contribution is -2.00. The molecule has 164 valence electrons. The number of unbranched alkanes of at least 4 members (excludes halogenated alkanes) is 13. The van der Waals surface area contributed by atoms with Crippen LogP contribution in [0.2, 0.25) is 0 Å². The molecule has 5 nitrogen and oxygen atoms in total. The molecule has 0 aliphatic carbocycles. The Bertz CT molecular complexity index is 571. The van der Waals surface area contributed by atoms with Gasteiger partial charge in [-0.2, -0.15) is 0 Å². The van der Waals surface area contributed by atoms with Crippen LogP contribution in [0.3, 0.4) is 0 Å². The molecule has 1 aromatic carbocycles. The van der Waals surface area contributed by atoms with Gasteiger partial charge in [-0.15, -0.1) is 0 Å². The molecule has 1 aromatic rings. The number of ether oxygens (including phenoxy) is 2. The number of hydrogen-bond acceptors (Lipinski definition) is 3. The van der Waals surface area contributed by atoms with Gasteiger partial charge in [-0.25, -0.2) is 0 Å². The first kappa shape index (κ1) is 25.2. The summed E-state index contributed by atoms with van der Waals surface area (Å²) in [6.07, 6.45) is 19.0. The van der Waals surface area contributed by atoms with E-state index in [0.29, 0.717) is 18.9 Å². The second kappa shape index (κ2) is 18.2. The molecule has 0 saturated heterocycles. The predicted octanol–water partition coefficient (Wildman–Crippen LogP) is 8.37. The summed E-state index contributed by atoms with van der Waals surface area (Å²) in [6.45, 7) is 3.31. The average molecular weight is 404 g/mol. The van der Waals surface area contributed by atoms with Crippen molar-refractivity contribution < 1.29 is 9.47 Å². The van der Waals surface area contributed by atoms with Crippen LogP contribution in [0, 0.1) is 0 Å². The Morgan fingerprint density at radius 2 is 1.34 bits per heavy atom. The third-order valence-electron chi connectivity index (χ3n) is 5.30. The first-order chi connectivity index (χ1) is 14.3. The summed E-state index contributed by atoms with van der Waals surface area (Å²) < 4.78 is 11.2. The summed E-state index contributed by atoms with van der Waals surface area (Å²) in [4.78, 5) is 2.78. The maximum Gasteiger partial charge on any atom is 0.161 e. The van der Waals surface area contributed by atoms with E-state index in [4.69, 9.17) is 15.0 Å². The second-order valence-electron chi connectivity index (χ2n) is 7.82. The molecule has 1 rings (SSSR count). The molecule has 5 heteroatoms. The van der Waals surface area contributed by atoms with Crippen molar-refractivity contribution in [2.45, 2.75) is 103 Å². The molecule has 0 bridgehead atoms. The molecule has 0 fully saturated rings. The van der Waals surface area contributed by atoms with Crippen molar-refractivity contribution in [1.29, 1.82) is 0 Å². The second-order valence-corrected chi connectivity index (χ2v) is 7.82. The number of nitrogens with zero attached hydrogens (tertiary/aromatic N) is 3. The van der Waals surface area contributed by atoms with E-state index in [0.717, 1.165) is 17.7 Å². The fraction of sp³-hybridized carbons (Fsp3) is 0.750. The van der Waals surface area contributed by atoms with E-state index in [2.05, 4.69) is 16.9 Å². The van der Waals surface area contributed by atoms with Crippen LogP contribution in [-0.2, 0) is 6.54 Å². The van der Waals surface area contributed by atoms with Gasteiger partial charge in [0.15, 0.2) is 11.5 Å². The third-order valence-corrected chi connectivity index (χ3v) is 5.30. The highest BCUT2D eigenvalue weighted by molar-refractivity contribution is 5.42. The van der Waals surface area contributed by atoms with E-state index in [1.165, 1.54) is 83.5 Å². The molecule has 0 heterocycles. The lowest BCUT2D eigenvalue weighted by molar-refractivity contribution is 0.284. The quantitative estimate of drug-likeness (QED) is 0.101. The van der Waals surface area contributed by atoms with Crippen LogP contribution in [0.4, 0.5) is 0 Å². The van der Waals surface area contributed by atoms with E-state index in [9.17, 15) is 0 Å². The molecule has 0 saturated carbocycles. The molecule has 0 amide bonds. The minimum Gasteiger partial charge on any atom is -0.493 e. The monoisotopic (exact) mass is 403 g/mol. The van der Waals surface area contributed by atoms with Gasteiger partial charge in [0.2, 0.25) is 0 Å². The van der Waals surface area contributed by atoms with Crippen molar-refractivity contribution in [3.8, 4) is 11.5 Å². The summed E-state index contributed by atoms with van der Waals surface area (Å²) in [6, 6.07) is 5.68.